The van der Waals surface area contributed by atoms with Gasteiger partial charge in [0, 0.05) is 53.1 Å². The molecule has 140 valence electrons. The first-order valence-electron chi connectivity index (χ1n) is 8.92. The number of hydrogen-bond acceptors (Lipinski definition) is 7. The Bertz CT molecular complexity index is 1050. The van der Waals surface area contributed by atoms with E-state index in [-0.39, 0.29) is 0 Å². The zero-order valence-corrected chi connectivity index (χ0v) is 15.4. The number of ether oxygens (including phenoxy) is 1. The number of aliphatic imine (C=N–C) groups is 1. The molecule has 0 amide bonds. The Hall–Kier alpha value is -3.74. The van der Waals surface area contributed by atoms with Crippen LogP contribution >= 0.6 is 0 Å². The zero-order chi connectivity index (χ0) is 19.5. The largest absolute Gasteiger partial charge is 0.481 e. The number of nitrogens with zero attached hydrogens (tertiary/aromatic N) is 3. The molecule has 7 nitrogen and oxygen atoms in total. The molecule has 4 rings (SSSR count). The number of nitrogens with two attached hydrogens (primary N) is 1. The lowest BCUT2D eigenvalue weighted by atomic mass is 9.99. The molecule has 3 heterocycles. The fourth-order valence-electron chi connectivity index (χ4n) is 3.16. The van der Waals surface area contributed by atoms with E-state index in [4.69, 9.17) is 15.9 Å². The van der Waals surface area contributed by atoms with Crippen LogP contribution in [0.25, 0.3) is 11.6 Å². The first kappa shape index (κ1) is 17.7. The van der Waals surface area contributed by atoms with Gasteiger partial charge in [-0.05, 0) is 30.5 Å². The number of nitrogens with one attached hydrogen (secondary N) is 2. The summed E-state index contributed by atoms with van der Waals surface area (Å²) in [5.41, 5.74) is 11.1. The monoisotopic (exact) mass is 372 g/mol. The minimum atomic E-state index is 0.445. The summed E-state index contributed by atoms with van der Waals surface area (Å²) in [6.07, 6.45) is 12.6. The highest BCUT2D eigenvalue weighted by atomic mass is 16.5. The number of aryl methyl sites for hydroxylation is 1. The van der Waals surface area contributed by atoms with Gasteiger partial charge in [-0.3, -0.25) is 4.98 Å². The molecule has 0 unspecified atom stereocenters. The highest BCUT2D eigenvalue weighted by Gasteiger charge is 2.16. The molecule has 1 aliphatic carbocycles. The SMILES string of the molecule is COc1ccc(C2=N/C(=C(/C=N)c3cnc4c(c3)C=CCC4)NC(N)=C2)cn1. The summed E-state index contributed by atoms with van der Waals surface area (Å²) in [6, 6.07) is 5.67. The maximum Gasteiger partial charge on any atom is 0.212 e. The van der Waals surface area contributed by atoms with Gasteiger partial charge in [-0.25, -0.2) is 9.98 Å². The van der Waals surface area contributed by atoms with Gasteiger partial charge in [-0.2, -0.15) is 0 Å². The van der Waals surface area contributed by atoms with Crippen LogP contribution in [0.5, 0.6) is 5.88 Å². The number of hydrogen-bond donors (Lipinski definition) is 3. The molecule has 0 bridgehead atoms. The van der Waals surface area contributed by atoms with E-state index in [1.807, 2.05) is 12.1 Å². The maximum absolute atomic E-state index is 7.94. The summed E-state index contributed by atoms with van der Waals surface area (Å²) in [7, 11) is 1.57. The van der Waals surface area contributed by atoms with Crippen molar-refractivity contribution < 1.29 is 4.74 Å². The summed E-state index contributed by atoms with van der Waals surface area (Å²) in [4.78, 5) is 13.5. The van der Waals surface area contributed by atoms with E-state index in [1.165, 1.54) is 6.21 Å². The maximum atomic E-state index is 7.94. The van der Waals surface area contributed by atoms with Crippen molar-refractivity contribution in [2.24, 2.45) is 10.7 Å². The lowest BCUT2D eigenvalue weighted by molar-refractivity contribution is 0.398. The molecular formula is C21H20N6O. The van der Waals surface area contributed by atoms with E-state index in [0.29, 0.717) is 28.8 Å². The van der Waals surface area contributed by atoms with E-state index in [1.54, 1.807) is 31.6 Å². The van der Waals surface area contributed by atoms with E-state index in [2.05, 4.69) is 32.4 Å². The molecule has 0 saturated heterocycles. The van der Waals surface area contributed by atoms with Crippen LogP contribution in [0.3, 0.4) is 0 Å². The van der Waals surface area contributed by atoms with Crippen LogP contribution in [0.1, 0.15) is 28.8 Å². The summed E-state index contributed by atoms with van der Waals surface area (Å²) in [5.74, 6) is 1.47. The van der Waals surface area contributed by atoms with E-state index in [9.17, 15) is 0 Å². The van der Waals surface area contributed by atoms with Gasteiger partial charge in [0.25, 0.3) is 0 Å². The Kier molecular flexibility index (Phi) is 4.72. The van der Waals surface area contributed by atoms with Crippen LogP contribution in [0.4, 0.5) is 0 Å². The molecule has 0 atom stereocenters. The van der Waals surface area contributed by atoms with Crippen LogP contribution in [-0.2, 0) is 6.42 Å². The zero-order valence-electron chi connectivity index (χ0n) is 15.4. The minimum absolute atomic E-state index is 0.445. The summed E-state index contributed by atoms with van der Waals surface area (Å²) in [5, 5.41) is 11.0. The normalized spacial score (nSPS) is 17.0. The highest BCUT2D eigenvalue weighted by Crippen LogP contribution is 2.24. The lowest BCUT2D eigenvalue weighted by Gasteiger charge is -2.18. The number of rotatable bonds is 4. The first-order valence-corrected chi connectivity index (χ1v) is 8.92. The van der Waals surface area contributed by atoms with E-state index < -0.39 is 0 Å². The summed E-state index contributed by atoms with van der Waals surface area (Å²) in [6.45, 7) is 0. The lowest BCUT2D eigenvalue weighted by Crippen LogP contribution is -2.26. The number of fused-ring (bicyclic) bond motifs is 1. The topological polar surface area (TPSA) is 109 Å². The minimum Gasteiger partial charge on any atom is -0.481 e. The van der Waals surface area contributed by atoms with Gasteiger partial charge in [-0.15, -0.1) is 0 Å². The second-order valence-electron chi connectivity index (χ2n) is 6.42. The van der Waals surface area contributed by atoms with E-state index in [0.717, 1.165) is 35.2 Å². The molecular weight excluding hydrogens is 352 g/mol. The Morgan fingerprint density at radius 1 is 1.29 bits per heavy atom. The molecule has 2 aromatic rings. The van der Waals surface area contributed by atoms with Crippen LogP contribution in [0, 0.1) is 5.41 Å². The molecule has 4 N–H and O–H groups in total. The summed E-state index contributed by atoms with van der Waals surface area (Å²) >= 11 is 0. The predicted octanol–water partition coefficient (Wildman–Crippen LogP) is 2.66. The number of methoxy groups -OCH3 is 1. The van der Waals surface area contributed by atoms with Crippen LogP contribution in [-0.4, -0.2) is 29.0 Å². The fourth-order valence-corrected chi connectivity index (χ4v) is 3.16. The van der Waals surface area contributed by atoms with Gasteiger partial charge in [0.15, 0.2) is 0 Å². The third kappa shape index (κ3) is 3.42. The molecule has 0 spiro atoms. The third-order valence-corrected chi connectivity index (χ3v) is 4.59. The Balaban J connectivity index is 1.77. The average molecular weight is 372 g/mol. The van der Waals surface area contributed by atoms with Crippen LogP contribution in [0.2, 0.25) is 0 Å². The second kappa shape index (κ2) is 7.48. The fraction of sp³-hybridized carbons (Fsp3) is 0.143. The average Bonchev–Trinajstić information content (AvgIpc) is 2.74. The quantitative estimate of drug-likeness (QED) is 0.715. The third-order valence-electron chi connectivity index (χ3n) is 4.59. The number of aromatic nitrogens is 2. The molecule has 0 radical (unpaired) electrons. The molecule has 0 saturated carbocycles. The van der Waals surface area contributed by atoms with Gasteiger partial charge in [0.05, 0.1) is 12.8 Å². The van der Waals surface area contributed by atoms with Crippen molar-refractivity contribution in [3.05, 3.63) is 76.8 Å². The number of pyridine rings is 2. The van der Waals surface area contributed by atoms with Crippen molar-refractivity contribution in [1.29, 1.82) is 5.41 Å². The molecule has 7 heteroatoms. The van der Waals surface area contributed by atoms with Crippen molar-refractivity contribution >= 4 is 23.6 Å². The van der Waals surface area contributed by atoms with Crippen LogP contribution in [0.15, 0.2) is 59.4 Å². The Morgan fingerprint density at radius 2 is 2.18 bits per heavy atom. The van der Waals surface area contributed by atoms with E-state index >= 15 is 0 Å². The number of allylic oxidation sites excluding steroid dienone is 3. The van der Waals surface area contributed by atoms with Crippen molar-refractivity contribution in [3.63, 3.8) is 0 Å². The molecule has 28 heavy (non-hydrogen) atoms. The van der Waals surface area contributed by atoms with Gasteiger partial charge < -0.3 is 21.2 Å². The van der Waals surface area contributed by atoms with Crippen molar-refractivity contribution in [2.75, 3.05) is 7.11 Å². The van der Waals surface area contributed by atoms with Gasteiger partial charge in [0.2, 0.25) is 5.88 Å². The van der Waals surface area contributed by atoms with Crippen molar-refractivity contribution in [3.8, 4) is 5.88 Å². The van der Waals surface area contributed by atoms with Gasteiger partial charge in [-0.1, -0.05) is 12.2 Å². The standard InChI is InChI=1S/C21H20N6O/c1-28-20-7-6-14(11-25-20)18-9-19(23)27-21(26-18)16(10-22)15-8-13-4-2-3-5-17(13)24-12-15/h2,4,6-12,22,27H,3,5,23H2,1H3/b21-16+,22-10?. The smallest absolute Gasteiger partial charge is 0.212 e. The molecule has 1 aliphatic heterocycles. The molecule has 2 aromatic heterocycles. The van der Waals surface area contributed by atoms with Crippen LogP contribution < -0.4 is 15.8 Å². The Morgan fingerprint density at radius 3 is 2.93 bits per heavy atom. The second-order valence-corrected chi connectivity index (χ2v) is 6.42. The van der Waals surface area contributed by atoms with Gasteiger partial charge >= 0.3 is 0 Å². The van der Waals surface area contributed by atoms with Crippen molar-refractivity contribution in [1.82, 2.24) is 15.3 Å². The molecule has 2 aliphatic rings. The Labute approximate surface area is 162 Å². The molecule has 0 aromatic carbocycles. The predicted molar refractivity (Wildman–Crippen MR) is 110 cm³/mol. The highest BCUT2D eigenvalue weighted by molar-refractivity contribution is 6.14. The first-order chi connectivity index (χ1) is 13.7. The summed E-state index contributed by atoms with van der Waals surface area (Å²) < 4.78 is 5.10. The van der Waals surface area contributed by atoms with Gasteiger partial charge in [0.1, 0.15) is 11.6 Å². The molecule has 0 fully saturated rings. The van der Waals surface area contributed by atoms with Crippen molar-refractivity contribution in [2.45, 2.75) is 12.8 Å².